The van der Waals surface area contributed by atoms with E-state index in [0.29, 0.717) is 28.3 Å². The number of rotatable bonds is 7. The van der Waals surface area contributed by atoms with E-state index in [1.54, 1.807) is 43.3 Å². The average Bonchev–Trinajstić information content (AvgIpc) is 3.30. The Bertz CT molecular complexity index is 1410. The first-order chi connectivity index (χ1) is 17.1. The number of nitrogens with zero attached hydrogens (tertiary/aromatic N) is 1. The summed E-state index contributed by atoms with van der Waals surface area (Å²) in [6.07, 6.45) is -0.0800. The fourth-order valence-corrected chi connectivity index (χ4v) is 4.94. The average molecular weight is 514 g/mol. The summed E-state index contributed by atoms with van der Waals surface area (Å²) in [5, 5.41) is 2.43. The molecule has 3 aromatic rings. The van der Waals surface area contributed by atoms with Crippen LogP contribution in [0.5, 0.6) is 11.5 Å². The highest BCUT2D eigenvalue weighted by Crippen LogP contribution is 2.35. The number of carbonyl (C=O) groups excluding carboxylic acids is 2. The highest BCUT2D eigenvalue weighted by Gasteiger charge is 2.28. The van der Waals surface area contributed by atoms with E-state index < -0.39 is 33.8 Å². The summed E-state index contributed by atoms with van der Waals surface area (Å²) >= 11 is 0. The lowest BCUT2D eigenvalue weighted by molar-refractivity contribution is -0.120. The van der Waals surface area contributed by atoms with Gasteiger partial charge in [-0.05, 0) is 48.4 Å². The first-order valence-electron chi connectivity index (χ1n) is 10.9. The molecule has 4 rings (SSSR count). The van der Waals surface area contributed by atoms with Gasteiger partial charge in [0.05, 0.1) is 4.90 Å². The van der Waals surface area contributed by atoms with Gasteiger partial charge in [-0.25, -0.2) is 22.3 Å². The van der Waals surface area contributed by atoms with Gasteiger partial charge >= 0.3 is 6.03 Å². The number of benzene rings is 3. The van der Waals surface area contributed by atoms with Crippen molar-refractivity contribution in [1.29, 1.82) is 0 Å². The number of fused-ring (bicyclic) bond motifs is 1. The van der Waals surface area contributed by atoms with E-state index in [4.69, 9.17) is 9.47 Å². The van der Waals surface area contributed by atoms with E-state index in [1.165, 1.54) is 42.3 Å². The van der Waals surface area contributed by atoms with Crippen LogP contribution < -0.4 is 24.4 Å². The summed E-state index contributed by atoms with van der Waals surface area (Å²) in [6, 6.07) is 14.4. The summed E-state index contributed by atoms with van der Waals surface area (Å²) in [7, 11) is -2.70. The van der Waals surface area contributed by atoms with Crippen molar-refractivity contribution in [3.63, 3.8) is 0 Å². The molecular weight excluding hydrogens is 489 g/mol. The van der Waals surface area contributed by atoms with Gasteiger partial charge in [-0.2, -0.15) is 0 Å². The second kappa shape index (κ2) is 10.2. The molecule has 0 bridgehead atoms. The van der Waals surface area contributed by atoms with Crippen LogP contribution >= 0.6 is 0 Å². The van der Waals surface area contributed by atoms with E-state index in [1.807, 2.05) is 4.72 Å². The number of ether oxygens (including phenoxy) is 2. The number of likely N-dealkylation sites (N-methyl/N-ethyl adjacent to an activating group) is 1. The molecule has 0 saturated heterocycles. The van der Waals surface area contributed by atoms with Gasteiger partial charge < -0.3 is 19.7 Å². The SMILES string of the molecule is Cc1ccccc1S(=O)(=O)NC(=O)N[C@@H](Cc1cccc(F)c1)C(=O)N(C)c1ccc2c(c1)OCO2. The summed E-state index contributed by atoms with van der Waals surface area (Å²) in [4.78, 5) is 27.4. The second-order valence-electron chi connectivity index (χ2n) is 8.17. The lowest BCUT2D eigenvalue weighted by Gasteiger charge is -2.25. The molecule has 3 amide bonds. The van der Waals surface area contributed by atoms with Crippen LogP contribution in [0.1, 0.15) is 11.1 Å². The van der Waals surface area contributed by atoms with Crippen LogP contribution in [0.15, 0.2) is 71.6 Å². The lowest BCUT2D eigenvalue weighted by atomic mass is 10.0. The highest BCUT2D eigenvalue weighted by atomic mass is 32.2. The zero-order chi connectivity index (χ0) is 25.9. The lowest BCUT2D eigenvalue weighted by Crippen LogP contribution is -2.52. The minimum Gasteiger partial charge on any atom is -0.454 e. The fraction of sp³-hybridized carbons (Fsp3) is 0.200. The number of anilines is 1. The predicted molar refractivity (Wildman–Crippen MR) is 130 cm³/mol. The first kappa shape index (κ1) is 25.0. The van der Waals surface area contributed by atoms with Crippen LogP contribution in [0.4, 0.5) is 14.9 Å². The molecule has 0 aliphatic carbocycles. The maximum Gasteiger partial charge on any atom is 0.329 e. The maximum atomic E-state index is 13.8. The van der Waals surface area contributed by atoms with Gasteiger partial charge in [0.25, 0.3) is 10.0 Å². The van der Waals surface area contributed by atoms with Crippen LogP contribution in [0.25, 0.3) is 0 Å². The van der Waals surface area contributed by atoms with Crippen LogP contribution in [0, 0.1) is 12.7 Å². The normalized spacial score (nSPS) is 13.1. The number of amides is 3. The van der Waals surface area contributed by atoms with Gasteiger partial charge in [-0.3, -0.25) is 4.79 Å². The number of hydrogen-bond acceptors (Lipinski definition) is 6. The van der Waals surface area contributed by atoms with Gasteiger partial charge in [-0.1, -0.05) is 30.3 Å². The monoisotopic (exact) mass is 513 g/mol. The molecule has 0 spiro atoms. The second-order valence-corrected chi connectivity index (χ2v) is 9.82. The van der Waals surface area contributed by atoms with Crippen molar-refractivity contribution in [2.24, 2.45) is 0 Å². The molecule has 0 unspecified atom stereocenters. The zero-order valence-corrected chi connectivity index (χ0v) is 20.3. The number of sulfonamides is 1. The Kier molecular flexibility index (Phi) is 7.11. The van der Waals surface area contributed by atoms with Crippen molar-refractivity contribution in [1.82, 2.24) is 10.0 Å². The van der Waals surface area contributed by atoms with Gasteiger partial charge in [-0.15, -0.1) is 0 Å². The molecule has 0 fully saturated rings. The minimum atomic E-state index is -4.20. The van der Waals surface area contributed by atoms with Gasteiger partial charge in [0.15, 0.2) is 11.5 Å². The molecule has 1 heterocycles. The molecule has 36 heavy (non-hydrogen) atoms. The third-order valence-corrected chi connectivity index (χ3v) is 7.11. The molecule has 0 aromatic heterocycles. The van der Waals surface area contributed by atoms with Crippen molar-refractivity contribution in [2.45, 2.75) is 24.3 Å². The number of carbonyl (C=O) groups is 2. The number of nitrogens with one attached hydrogen (secondary N) is 2. The molecule has 1 aliphatic rings. The van der Waals surface area contributed by atoms with E-state index >= 15 is 0 Å². The van der Waals surface area contributed by atoms with E-state index in [2.05, 4.69) is 5.32 Å². The highest BCUT2D eigenvalue weighted by molar-refractivity contribution is 7.90. The van der Waals surface area contributed by atoms with Crippen molar-refractivity contribution in [3.05, 3.63) is 83.7 Å². The quantitative estimate of drug-likeness (QED) is 0.502. The Balaban J connectivity index is 1.56. The van der Waals surface area contributed by atoms with Crippen molar-refractivity contribution in [3.8, 4) is 11.5 Å². The van der Waals surface area contributed by atoms with Crippen LogP contribution in [0.3, 0.4) is 0 Å². The minimum absolute atomic E-state index is 0.0642. The molecule has 1 atom stereocenters. The van der Waals surface area contributed by atoms with Gasteiger partial charge in [0, 0.05) is 25.2 Å². The zero-order valence-electron chi connectivity index (χ0n) is 19.5. The van der Waals surface area contributed by atoms with E-state index in [-0.39, 0.29) is 18.1 Å². The Labute approximate surface area is 207 Å². The predicted octanol–water partition coefficient (Wildman–Crippen LogP) is 3.13. The molecule has 9 nitrogen and oxygen atoms in total. The van der Waals surface area contributed by atoms with Crippen molar-refractivity contribution >= 4 is 27.6 Å². The Morgan fingerprint density at radius 2 is 1.78 bits per heavy atom. The number of aryl methyl sites for hydroxylation is 1. The van der Waals surface area contributed by atoms with E-state index in [0.717, 1.165) is 0 Å². The van der Waals surface area contributed by atoms with Crippen molar-refractivity contribution < 1.29 is 31.9 Å². The fourth-order valence-electron chi connectivity index (χ4n) is 3.78. The van der Waals surface area contributed by atoms with Gasteiger partial charge in [0.1, 0.15) is 11.9 Å². The Morgan fingerprint density at radius 3 is 2.53 bits per heavy atom. The summed E-state index contributed by atoms with van der Waals surface area (Å²) in [5.74, 6) is -0.0605. The van der Waals surface area contributed by atoms with E-state index in [9.17, 15) is 22.4 Å². The number of hydrogen-bond donors (Lipinski definition) is 2. The van der Waals surface area contributed by atoms with Crippen LogP contribution in [0.2, 0.25) is 0 Å². The molecular formula is C25H24FN3O6S. The molecule has 0 saturated carbocycles. The molecule has 3 aromatic carbocycles. The summed E-state index contributed by atoms with van der Waals surface area (Å²) < 4.78 is 51.9. The van der Waals surface area contributed by atoms with Gasteiger partial charge in [0.2, 0.25) is 12.7 Å². The van der Waals surface area contributed by atoms with Crippen molar-refractivity contribution in [2.75, 3.05) is 18.7 Å². The largest absolute Gasteiger partial charge is 0.454 e. The smallest absolute Gasteiger partial charge is 0.329 e. The summed E-state index contributed by atoms with van der Waals surface area (Å²) in [6.45, 7) is 1.67. The molecule has 2 N–H and O–H groups in total. The number of urea groups is 1. The molecule has 188 valence electrons. The molecule has 11 heteroatoms. The maximum absolute atomic E-state index is 13.8. The first-order valence-corrected chi connectivity index (χ1v) is 12.4. The van der Waals surface area contributed by atoms with Crippen LogP contribution in [-0.2, 0) is 21.2 Å². The van der Waals surface area contributed by atoms with Crippen LogP contribution in [-0.4, -0.2) is 40.2 Å². The Hall–Kier alpha value is -4.12. The number of halogens is 1. The third-order valence-electron chi connectivity index (χ3n) is 5.62. The molecule has 1 aliphatic heterocycles. The topological polar surface area (TPSA) is 114 Å². The molecule has 0 radical (unpaired) electrons. The summed E-state index contributed by atoms with van der Waals surface area (Å²) in [5.41, 5.74) is 1.35. The third kappa shape index (κ3) is 5.57. The standard InChI is InChI=1S/C25H24FN3O6S/c1-16-6-3-4-9-23(16)36(32,33)28-25(31)27-20(13-17-7-5-8-18(26)12-17)24(30)29(2)19-10-11-21-22(14-19)35-15-34-21/h3-12,14,20H,13,15H2,1-2H3,(H2,27,28,31)/t20-/m0/s1. The Morgan fingerprint density at radius 1 is 1.03 bits per heavy atom.